The maximum atomic E-state index is 12.2. The van der Waals surface area contributed by atoms with E-state index < -0.39 is 0 Å². The van der Waals surface area contributed by atoms with Gasteiger partial charge in [0.05, 0.1) is 11.6 Å². The second-order valence-electron chi connectivity index (χ2n) is 7.01. The van der Waals surface area contributed by atoms with E-state index >= 15 is 0 Å². The van der Waals surface area contributed by atoms with Crippen LogP contribution in [0.15, 0.2) is 24.4 Å². The highest BCUT2D eigenvalue weighted by molar-refractivity contribution is 5.79. The average Bonchev–Trinajstić information content (AvgIpc) is 3.06. The van der Waals surface area contributed by atoms with E-state index in [0.29, 0.717) is 6.54 Å². The Labute approximate surface area is 138 Å². The van der Waals surface area contributed by atoms with E-state index in [-0.39, 0.29) is 23.3 Å². The van der Waals surface area contributed by atoms with E-state index in [1.165, 1.54) is 0 Å². The zero-order chi connectivity index (χ0) is 16.3. The summed E-state index contributed by atoms with van der Waals surface area (Å²) in [5.74, 6) is 0.107. The van der Waals surface area contributed by atoms with Crippen LogP contribution >= 0.6 is 0 Å². The number of carbonyl (C=O) groups is 1. The lowest BCUT2D eigenvalue weighted by Crippen LogP contribution is -2.55. The number of nitrogens with zero attached hydrogens (tertiary/aromatic N) is 2. The van der Waals surface area contributed by atoms with E-state index in [4.69, 9.17) is 0 Å². The van der Waals surface area contributed by atoms with Crippen LogP contribution in [0.4, 0.5) is 0 Å². The largest absolute Gasteiger partial charge is 0.359 e. The molecule has 3 N–H and O–H groups in total. The molecule has 23 heavy (non-hydrogen) atoms. The van der Waals surface area contributed by atoms with Gasteiger partial charge in [0.1, 0.15) is 0 Å². The molecule has 6 heteroatoms. The Kier molecular flexibility index (Phi) is 4.94. The predicted octanol–water partition coefficient (Wildman–Crippen LogP) is 0.522. The highest BCUT2D eigenvalue weighted by Crippen LogP contribution is 2.37. The standard InChI is InChI=1S/C17H27N5O/c1-17(15-14(10-20-21-15)16(23)18-2)7-5-9-22(12-17)11-13-6-3-4-8-19-13/h3-4,6,8,14-15,20-21H,5,7,9-12H2,1-2H3,(H,18,23). The first-order chi connectivity index (χ1) is 11.1. The number of hydrogen-bond donors (Lipinski definition) is 3. The minimum Gasteiger partial charge on any atom is -0.359 e. The van der Waals surface area contributed by atoms with E-state index in [1.54, 1.807) is 7.05 Å². The van der Waals surface area contributed by atoms with Gasteiger partial charge >= 0.3 is 0 Å². The van der Waals surface area contributed by atoms with Gasteiger partial charge in [0.15, 0.2) is 0 Å². The summed E-state index contributed by atoms with van der Waals surface area (Å²) in [6.07, 6.45) is 4.14. The van der Waals surface area contributed by atoms with Crippen molar-refractivity contribution in [3.8, 4) is 0 Å². The molecule has 2 saturated heterocycles. The van der Waals surface area contributed by atoms with Crippen LogP contribution in [-0.4, -0.2) is 48.5 Å². The third-order valence-corrected chi connectivity index (χ3v) is 5.23. The number of amides is 1. The van der Waals surface area contributed by atoms with E-state index in [1.807, 2.05) is 18.3 Å². The minimum atomic E-state index is -0.0141. The van der Waals surface area contributed by atoms with E-state index in [9.17, 15) is 4.79 Å². The maximum absolute atomic E-state index is 12.2. The Morgan fingerprint density at radius 3 is 3.13 bits per heavy atom. The van der Waals surface area contributed by atoms with Crippen LogP contribution in [-0.2, 0) is 11.3 Å². The van der Waals surface area contributed by atoms with Gasteiger partial charge < -0.3 is 5.32 Å². The smallest absolute Gasteiger partial charge is 0.225 e. The van der Waals surface area contributed by atoms with Crippen LogP contribution in [0.1, 0.15) is 25.5 Å². The molecule has 3 atom stereocenters. The first-order valence-corrected chi connectivity index (χ1v) is 8.45. The summed E-state index contributed by atoms with van der Waals surface area (Å²) in [5, 5.41) is 2.80. The summed E-state index contributed by atoms with van der Waals surface area (Å²) in [5.41, 5.74) is 7.73. The number of nitrogens with one attached hydrogen (secondary N) is 3. The van der Waals surface area contributed by atoms with Crippen molar-refractivity contribution in [3.05, 3.63) is 30.1 Å². The van der Waals surface area contributed by atoms with Crippen molar-refractivity contribution in [1.29, 1.82) is 0 Å². The summed E-state index contributed by atoms with van der Waals surface area (Å²) < 4.78 is 0. The highest BCUT2D eigenvalue weighted by atomic mass is 16.1. The number of hydrogen-bond acceptors (Lipinski definition) is 5. The maximum Gasteiger partial charge on any atom is 0.225 e. The lowest BCUT2D eigenvalue weighted by atomic mass is 9.71. The molecule has 3 rings (SSSR count). The van der Waals surface area contributed by atoms with E-state index in [2.05, 4.69) is 39.0 Å². The molecular formula is C17H27N5O. The van der Waals surface area contributed by atoms with Gasteiger partial charge in [-0.2, -0.15) is 0 Å². The van der Waals surface area contributed by atoms with Crippen molar-refractivity contribution in [3.63, 3.8) is 0 Å². The van der Waals surface area contributed by atoms with Crippen LogP contribution in [0.5, 0.6) is 0 Å². The van der Waals surface area contributed by atoms with Crippen molar-refractivity contribution in [1.82, 2.24) is 26.1 Å². The van der Waals surface area contributed by atoms with Gasteiger partial charge in [-0.3, -0.25) is 25.5 Å². The van der Waals surface area contributed by atoms with Gasteiger partial charge in [0.2, 0.25) is 5.91 Å². The van der Waals surface area contributed by atoms with Crippen molar-refractivity contribution in [2.24, 2.45) is 11.3 Å². The molecule has 6 nitrogen and oxygen atoms in total. The molecule has 0 bridgehead atoms. The quantitative estimate of drug-likeness (QED) is 0.755. The molecule has 1 aromatic rings. The fourth-order valence-electron chi connectivity index (χ4n) is 4.07. The van der Waals surface area contributed by atoms with Gasteiger partial charge in [-0.05, 0) is 36.9 Å². The van der Waals surface area contributed by atoms with Gasteiger partial charge in [0.25, 0.3) is 0 Å². The Morgan fingerprint density at radius 1 is 1.52 bits per heavy atom. The molecule has 2 fully saturated rings. The number of carbonyl (C=O) groups excluding carboxylic acids is 1. The van der Waals surface area contributed by atoms with Crippen molar-refractivity contribution < 1.29 is 4.79 Å². The number of aromatic nitrogens is 1. The SMILES string of the molecule is CNC(=O)C1CNNC1C1(C)CCCN(Cc2ccccn2)C1. The fourth-order valence-corrected chi connectivity index (χ4v) is 4.07. The fraction of sp³-hybridized carbons (Fsp3) is 0.647. The summed E-state index contributed by atoms with van der Waals surface area (Å²) in [6, 6.07) is 6.23. The van der Waals surface area contributed by atoms with Crippen LogP contribution in [0.2, 0.25) is 0 Å². The molecule has 2 aliphatic rings. The van der Waals surface area contributed by atoms with Crippen LogP contribution in [0.3, 0.4) is 0 Å². The highest BCUT2D eigenvalue weighted by Gasteiger charge is 2.46. The first-order valence-electron chi connectivity index (χ1n) is 8.45. The Balaban J connectivity index is 1.70. The second-order valence-corrected chi connectivity index (χ2v) is 7.01. The number of likely N-dealkylation sites (tertiary alicyclic amines) is 1. The summed E-state index contributed by atoms with van der Waals surface area (Å²) in [4.78, 5) is 19.1. The summed E-state index contributed by atoms with van der Waals surface area (Å²) in [7, 11) is 1.72. The lowest BCUT2D eigenvalue weighted by molar-refractivity contribution is -0.125. The van der Waals surface area contributed by atoms with Crippen molar-refractivity contribution in [2.45, 2.75) is 32.4 Å². The number of hydrazine groups is 1. The van der Waals surface area contributed by atoms with Crippen molar-refractivity contribution >= 4 is 5.91 Å². The Bertz CT molecular complexity index is 537. The summed E-state index contributed by atoms with van der Waals surface area (Å²) >= 11 is 0. The lowest BCUT2D eigenvalue weighted by Gasteiger charge is -2.45. The van der Waals surface area contributed by atoms with E-state index in [0.717, 1.165) is 38.2 Å². The van der Waals surface area contributed by atoms with Gasteiger partial charge in [-0.1, -0.05) is 13.0 Å². The molecule has 126 valence electrons. The zero-order valence-electron chi connectivity index (χ0n) is 14.0. The Hall–Kier alpha value is -1.50. The molecule has 0 spiro atoms. The Morgan fingerprint density at radius 2 is 2.39 bits per heavy atom. The summed E-state index contributed by atoms with van der Waals surface area (Å²) in [6.45, 7) is 5.95. The molecule has 3 heterocycles. The molecular weight excluding hydrogens is 290 g/mol. The van der Waals surface area contributed by atoms with Crippen molar-refractivity contribution in [2.75, 3.05) is 26.7 Å². The molecule has 0 radical (unpaired) electrons. The molecule has 1 amide bonds. The van der Waals surface area contributed by atoms with Gasteiger partial charge in [-0.25, -0.2) is 0 Å². The monoisotopic (exact) mass is 317 g/mol. The number of pyridine rings is 1. The van der Waals surface area contributed by atoms with Crippen LogP contribution in [0.25, 0.3) is 0 Å². The van der Waals surface area contributed by atoms with Gasteiger partial charge in [-0.15, -0.1) is 0 Å². The van der Waals surface area contributed by atoms with Crippen LogP contribution in [0, 0.1) is 11.3 Å². The first kappa shape index (κ1) is 16.4. The normalized spacial score (nSPS) is 31.9. The van der Waals surface area contributed by atoms with Gasteiger partial charge in [0, 0.05) is 38.9 Å². The molecule has 0 aromatic carbocycles. The molecule has 0 saturated carbocycles. The third kappa shape index (κ3) is 3.54. The third-order valence-electron chi connectivity index (χ3n) is 5.23. The zero-order valence-corrected chi connectivity index (χ0v) is 14.0. The number of rotatable bonds is 4. The molecule has 2 aliphatic heterocycles. The minimum absolute atomic E-state index is 0.0141. The topological polar surface area (TPSA) is 69.3 Å². The average molecular weight is 317 g/mol. The molecule has 0 aliphatic carbocycles. The number of piperidine rings is 1. The predicted molar refractivity (Wildman–Crippen MR) is 89.3 cm³/mol. The second kappa shape index (κ2) is 6.95. The molecule has 1 aromatic heterocycles. The van der Waals surface area contributed by atoms with Crippen LogP contribution < -0.4 is 16.2 Å². The molecule has 3 unspecified atom stereocenters.